The first-order chi connectivity index (χ1) is 18.3. The van der Waals surface area contributed by atoms with Gasteiger partial charge in [-0.05, 0) is 64.6 Å². The highest BCUT2D eigenvalue weighted by molar-refractivity contribution is 6.37. The second-order valence-corrected chi connectivity index (χ2v) is 9.87. The van der Waals surface area contributed by atoms with Gasteiger partial charge >= 0.3 is 0 Å². The van der Waals surface area contributed by atoms with Crippen LogP contribution >= 0.6 is 23.2 Å². The number of likely N-dealkylation sites (N-methyl/N-ethyl adjacent to an activating group) is 1. The third-order valence-electron chi connectivity index (χ3n) is 7.06. The second kappa shape index (κ2) is 10.3. The van der Waals surface area contributed by atoms with Gasteiger partial charge in [-0.3, -0.25) is 4.79 Å². The number of hydrogen-bond acceptors (Lipinski definition) is 6. The Morgan fingerprint density at radius 3 is 2.21 bits per heavy atom. The van der Waals surface area contributed by atoms with Crippen molar-refractivity contribution in [2.45, 2.75) is 6.42 Å². The van der Waals surface area contributed by atoms with Crippen LogP contribution in [-0.2, 0) is 6.42 Å². The van der Waals surface area contributed by atoms with Crippen LogP contribution in [0.2, 0.25) is 10.0 Å². The van der Waals surface area contributed by atoms with E-state index in [1.165, 1.54) is 0 Å². The quantitative estimate of drug-likeness (QED) is 0.189. The summed E-state index contributed by atoms with van der Waals surface area (Å²) in [6, 6.07) is 12.9. The molecular formula is C30H27Cl2NO5. The van der Waals surface area contributed by atoms with Gasteiger partial charge in [0.2, 0.25) is 5.78 Å². The Morgan fingerprint density at radius 1 is 0.842 bits per heavy atom. The lowest BCUT2D eigenvalue weighted by molar-refractivity contribution is 0.100. The second-order valence-electron chi connectivity index (χ2n) is 9.03. The van der Waals surface area contributed by atoms with E-state index in [1.54, 1.807) is 46.6 Å². The van der Waals surface area contributed by atoms with E-state index in [9.17, 15) is 4.79 Å². The Labute approximate surface area is 231 Å². The van der Waals surface area contributed by atoms with Crippen LogP contribution in [0.15, 0.2) is 48.2 Å². The van der Waals surface area contributed by atoms with E-state index in [2.05, 4.69) is 12.1 Å². The van der Waals surface area contributed by atoms with E-state index >= 15 is 0 Å². The zero-order valence-corrected chi connectivity index (χ0v) is 23.3. The van der Waals surface area contributed by atoms with E-state index in [0.29, 0.717) is 57.3 Å². The van der Waals surface area contributed by atoms with Crippen LogP contribution in [0, 0.1) is 0 Å². The number of halogens is 2. The molecule has 0 fully saturated rings. The summed E-state index contributed by atoms with van der Waals surface area (Å²) in [4.78, 5) is 15.6. The van der Waals surface area contributed by atoms with E-state index in [1.807, 2.05) is 30.2 Å². The van der Waals surface area contributed by atoms with Gasteiger partial charge in [-0.2, -0.15) is 0 Å². The predicted octanol–water partition coefficient (Wildman–Crippen LogP) is 7.05. The fourth-order valence-electron chi connectivity index (χ4n) is 5.18. The van der Waals surface area contributed by atoms with Crippen molar-refractivity contribution < 1.29 is 23.7 Å². The van der Waals surface area contributed by atoms with Crippen molar-refractivity contribution in [2.24, 2.45) is 0 Å². The number of benzene rings is 4. The van der Waals surface area contributed by atoms with E-state index in [4.69, 9.17) is 42.1 Å². The molecule has 196 valence electrons. The molecule has 8 heteroatoms. The molecular weight excluding hydrogens is 525 g/mol. The van der Waals surface area contributed by atoms with Gasteiger partial charge in [-0.15, -0.1) is 0 Å². The van der Waals surface area contributed by atoms with Crippen molar-refractivity contribution in [3.05, 3.63) is 74.9 Å². The molecule has 0 atom stereocenters. The normalized spacial score (nSPS) is 13.1. The van der Waals surface area contributed by atoms with Crippen molar-refractivity contribution >= 4 is 56.6 Å². The third kappa shape index (κ3) is 4.18. The number of ketones is 1. The maximum Gasteiger partial charge on any atom is 0.210 e. The first-order valence-electron chi connectivity index (χ1n) is 12.0. The van der Waals surface area contributed by atoms with E-state index in [0.717, 1.165) is 32.7 Å². The highest BCUT2D eigenvalue weighted by Crippen LogP contribution is 2.48. The van der Waals surface area contributed by atoms with Gasteiger partial charge in [0.15, 0.2) is 23.0 Å². The summed E-state index contributed by atoms with van der Waals surface area (Å²) in [5.74, 6) is 2.21. The molecule has 1 aliphatic rings. The van der Waals surface area contributed by atoms with Crippen LogP contribution in [0.5, 0.6) is 23.0 Å². The lowest BCUT2D eigenvalue weighted by Crippen LogP contribution is -2.24. The standard InChI is InChI=1S/C30H27Cl2NO5/c1-33-11-10-18-19-8-6-16-12-25(35-2)26(36-3)15-21(16)27(19)30(38-5)29(37-4)22(18)14-24(33)28(34)20-9-7-17(31)13-23(20)32/h6-9,12-15H,10-11H2,1-5H3. The lowest BCUT2D eigenvalue weighted by atomic mass is 9.91. The number of allylic oxidation sites excluding steroid dienone is 1. The maximum atomic E-state index is 13.7. The van der Waals surface area contributed by atoms with Crippen molar-refractivity contribution in [2.75, 3.05) is 42.0 Å². The van der Waals surface area contributed by atoms with E-state index in [-0.39, 0.29) is 5.78 Å². The minimum atomic E-state index is -0.196. The first-order valence-corrected chi connectivity index (χ1v) is 12.8. The van der Waals surface area contributed by atoms with E-state index < -0.39 is 0 Å². The Morgan fingerprint density at radius 2 is 1.55 bits per heavy atom. The molecule has 0 amide bonds. The topological polar surface area (TPSA) is 57.2 Å². The number of carbonyl (C=O) groups is 1. The van der Waals surface area contributed by atoms with Crippen molar-refractivity contribution in [1.82, 2.24) is 4.90 Å². The van der Waals surface area contributed by atoms with Gasteiger partial charge in [-0.25, -0.2) is 0 Å². The van der Waals surface area contributed by atoms with Crippen LogP contribution in [0.4, 0.5) is 0 Å². The zero-order valence-electron chi connectivity index (χ0n) is 21.8. The molecule has 0 N–H and O–H groups in total. The summed E-state index contributed by atoms with van der Waals surface area (Å²) in [6.07, 6.45) is 2.55. The number of ether oxygens (including phenoxy) is 4. The van der Waals surface area contributed by atoms with Crippen molar-refractivity contribution in [3.63, 3.8) is 0 Å². The first kappa shape index (κ1) is 26.0. The minimum Gasteiger partial charge on any atom is -0.493 e. The monoisotopic (exact) mass is 551 g/mol. The summed E-state index contributed by atoms with van der Waals surface area (Å²) >= 11 is 12.5. The molecule has 4 aromatic carbocycles. The van der Waals surface area contributed by atoms with Crippen molar-refractivity contribution in [1.29, 1.82) is 0 Å². The zero-order chi connectivity index (χ0) is 27.1. The molecule has 1 heterocycles. The molecule has 0 aromatic heterocycles. The fourth-order valence-corrected chi connectivity index (χ4v) is 5.68. The number of methoxy groups -OCH3 is 4. The average molecular weight is 552 g/mol. The van der Waals surface area contributed by atoms with Gasteiger partial charge < -0.3 is 23.8 Å². The SMILES string of the molecule is COc1cc2ccc3c4c(c(OC)c(OC)c3c2cc1OC)C=C(C(=O)c1ccc(Cl)cc1Cl)N(C)CC4. The summed E-state index contributed by atoms with van der Waals surface area (Å²) in [5, 5.41) is 4.63. The number of fused-ring (bicyclic) bond motifs is 5. The van der Waals surface area contributed by atoms with Crippen LogP contribution in [0.3, 0.4) is 0 Å². The molecule has 5 rings (SSSR count). The third-order valence-corrected chi connectivity index (χ3v) is 7.61. The van der Waals surface area contributed by atoms with Gasteiger partial charge in [-0.1, -0.05) is 35.3 Å². The van der Waals surface area contributed by atoms with Crippen LogP contribution < -0.4 is 18.9 Å². The Balaban J connectivity index is 1.82. The molecule has 6 nitrogen and oxygen atoms in total. The molecule has 0 bridgehead atoms. The maximum absolute atomic E-state index is 13.7. The highest BCUT2D eigenvalue weighted by Gasteiger charge is 2.28. The summed E-state index contributed by atoms with van der Waals surface area (Å²) in [7, 11) is 8.36. The molecule has 0 unspecified atom stereocenters. The van der Waals surface area contributed by atoms with Gasteiger partial charge in [0.1, 0.15) is 0 Å². The predicted molar refractivity (Wildman–Crippen MR) is 153 cm³/mol. The molecule has 0 saturated carbocycles. The van der Waals surface area contributed by atoms with Gasteiger partial charge in [0.25, 0.3) is 0 Å². The number of hydrogen-bond donors (Lipinski definition) is 0. The molecule has 0 saturated heterocycles. The Kier molecular flexibility index (Phi) is 7.03. The summed E-state index contributed by atoms with van der Waals surface area (Å²) < 4.78 is 23.1. The van der Waals surface area contributed by atoms with Crippen LogP contribution in [0.25, 0.3) is 27.6 Å². The molecule has 0 spiro atoms. The Hall–Kier alpha value is -3.61. The number of nitrogens with zero attached hydrogens (tertiary/aromatic N) is 1. The largest absolute Gasteiger partial charge is 0.493 e. The summed E-state index contributed by atoms with van der Waals surface area (Å²) in [6.45, 7) is 0.615. The van der Waals surface area contributed by atoms with Crippen LogP contribution in [-0.4, -0.2) is 52.7 Å². The lowest BCUT2D eigenvalue weighted by Gasteiger charge is -2.20. The molecule has 1 aliphatic heterocycles. The fraction of sp³-hybridized carbons (Fsp3) is 0.233. The van der Waals surface area contributed by atoms with Gasteiger partial charge in [0, 0.05) is 35.1 Å². The minimum absolute atomic E-state index is 0.196. The molecule has 38 heavy (non-hydrogen) atoms. The van der Waals surface area contributed by atoms with Gasteiger partial charge in [0.05, 0.1) is 39.2 Å². The molecule has 4 aromatic rings. The molecule has 0 radical (unpaired) electrons. The summed E-state index contributed by atoms with van der Waals surface area (Å²) in [5.41, 5.74) is 2.75. The average Bonchev–Trinajstić information content (AvgIpc) is 3.09. The Bertz CT molecular complexity index is 1630. The van der Waals surface area contributed by atoms with Crippen LogP contribution in [0.1, 0.15) is 21.5 Å². The van der Waals surface area contributed by atoms with Crippen molar-refractivity contribution in [3.8, 4) is 23.0 Å². The number of rotatable bonds is 6. The highest BCUT2D eigenvalue weighted by atomic mass is 35.5. The molecule has 0 aliphatic carbocycles. The smallest absolute Gasteiger partial charge is 0.210 e. The number of carbonyl (C=O) groups excluding carboxylic acids is 1. The number of Topliss-reactive ketones (excluding diaryl/α,β-unsaturated/α-hetero) is 1.